The highest BCUT2D eigenvalue weighted by molar-refractivity contribution is 5.90. The lowest BCUT2D eigenvalue weighted by molar-refractivity contribution is 0.210. The third-order valence-electron chi connectivity index (χ3n) is 3.63. The Hall–Kier alpha value is -2.05. The van der Waals surface area contributed by atoms with E-state index in [1.807, 2.05) is 36.4 Å². The SMILES string of the molecule is CN1CCC(Oc2c(C#N)ccc3ccccc23)C1. The zero-order valence-electron chi connectivity index (χ0n) is 11.0. The molecule has 1 heterocycles. The molecule has 0 spiro atoms. The van der Waals surface area contributed by atoms with Crippen molar-refractivity contribution in [2.75, 3.05) is 20.1 Å². The molecular formula is C16H16N2O. The van der Waals surface area contributed by atoms with Crippen LogP contribution in [-0.2, 0) is 0 Å². The lowest BCUT2D eigenvalue weighted by atomic mass is 10.1. The average molecular weight is 252 g/mol. The molecule has 3 heteroatoms. The molecule has 96 valence electrons. The van der Waals surface area contributed by atoms with Crippen molar-refractivity contribution in [1.82, 2.24) is 4.90 Å². The minimum atomic E-state index is 0.183. The van der Waals surface area contributed by atoms with Gasteiger partial charge in [-0.1, -0.05) is 30.3 Å². The summed E-state index contributed by atoms with van der Waals surface area (Å²) in [5, 5.41) is 11.4. The number of benzene rings is 2. The van der Waals surface area contributed by atoms with E-state index in [4.69, 9.17) is 4.74 Å². The maximum Gasteiger partial charge on any atom is 0.145 e. The smallest absolute Gasteiger partial charge is 0.145 e. The Kier molecular flexibility index (Phi) is 3.10. The van der Waals surface area contributed by atoms with Gasteiger partial charge in [0, 0.05) is 18.5 Å². The largest absolute Gasteiger partial charge is 0.487 e. The molecule has 0 amide bonds. The molecule has 1 atom stereocenters. The van der Waals surface area contributed by atoms with Crippen LogP contribution < -0.4 is 4.74 Å². The van der Waals surface area contributed by atoms with E-state index in [9.17, 15) is 5.26 Å². The van der Waals surface area contributed by atoms with Gasteiger partial charge in [0.1, 0.15) is 17.9 Å². The minimum Gasteiger partial charge on any atom is -0.487 e. The van der Waals surface area contributed by atoms with Gasteiger partial charge in [0.25, 0.3) is 0 Å². The zero-order chi connectivity index (χ0) is 13.2. The van der Waals surface area contributed by atoms with Gasteiger partial charge in [-0.05, 0) is 24.9 Å². The molecule has 0 N–H and O–H groups in total. The first kappa shape index (κ1) is 12.0. The molecule has 2 aromatic carbocycles. The minimum absolute atomic E-state index is 0.183. The molecule has 1 aliphatic heterocycles. The lowest BCUT2D eigenvalue weighted by Gasteiger charge is -2.16. The van der Waals surface area contributed by atoms with Gasteiger partial charge in [-0.2, -0.15) is 5.26 Å². The number of ether oxygens (including phenoxy) is 1. The molecule has 0 saturated carbocycles. The van der Waals surface area contributed by atoms with Gasteiger partial charge < -0.3 is 9.64 Å². The van der Waals surface area contributed by atoms with Crippen molar-refractivity contribution in [3.05, 3.63) is 42.0 Å². The number of rotatable bonds is 2. The van der Waals surface area contributed by atoms with Gasteiger partial charge >= 0.3 is 0 Å². The third-order valence-corrected chi connectivity index (χ3v) is 3.63. The molecule has 19 heavy (non-hydrogen) atoms. The first-order chi connectivity index (χ1) is 9.28. The molecule has 1 fully saturated rings. The Balaban J connectivity index is 2.03. The van der Waals surface area contributed by atoms with Gasteiger partial charge in [0.05, 0.1) is 5.56 Å². The predicted molar refractivity (Wildman–Crippen MR) is 75.2 cm³/mol. The Morgan fingerprint density at radius 3 is 2.84 bits per heavy atom. The van der Waals surface area contributed by atoms with E-state index in [-0.39, 0.29) is 6.10 Å². The summed E-state index contributed by atoms with van der Waals surface area (Å²) in [6.45, 7) is 1.98. The number of hydrogen-bond donors (Lipinski definition) is 0. The van der Waals surface area contributed by atoms with E-state index in [0.717, 1.165) is 36.0 Å². The molecule has 2 aromatic rings. The van der Waals surface area contributed by atoms with Gasteiger partial charge in [-0.25, -0.2) is 0 Å². The Labute approximate surface area is 113 Å². The second-order valence-electron chi connectivity index (χ2n) is 5.07. The van der Waals surface area contributed by atoms with Crippen LogP contribution >= 0.6 is 0 Å². The summed E-state index contributed by atoms with van der Waals surface area (Å²) in [6.07, 6.45) is 1.20. The number of hydrogen-bond acceptors (Lipinski definition) is 3. The van der Waals surface area contributed by atoms with E-state index in [0.29, 0.717) is 5.56 Å². The number of nitrogens with zero attached hydrogens (tertiary/aromatic N) is 2. The van der Waals surface area contributed by atoms with E-state index in [2.05, 4.69) is 18.0 Å². The fourth-order valence-corrected chi connectivity index (χ4v) is 2.62. The Morgan fingerprint density at radius 1 is 1.26 bits per heavy atom. The molecule has 3 rings (SSSR count). The van der Waals surface area contributed by atoms with Crippen LogP contribution in [0.3, 0.4) is 0 Å². The molecule has 0 aromatic heterocycles. The molecule has 0 radical (unpaired) electrons. The summed E-state index contributed by atoms with van der Waals surface area (Å²) in [5.74, 6) is 0.737. The fourth-order valence-electron chi connectivity index (χ4n) is 2.62. The highest BCUT2D eigenvalue weighted by Gasteiger charge is 2.22. The maximum atomic E-state index is 9.26. The van der Waals surface area contributed by atoms with Crippen LogP contribution in [0.1, 0.15) is 12.0 Å². The van der Waals surface area contributed by atoms with Crippen molar-refractivity contribution in [2.24, 2.45) is 0 Å². The van der Waals surface area contributed by atoms with Crippen LogP contribution in [0.25, 0.3) is 10.8 Å². The van der Waals surface area contributed by atoms with Crippen molar-refractivity contribution < 1.29 is 4.74 Å². The first-order valence-electron chi connectivity index (χ1n) is 6.55. The van der Waals surface area contributed by atoms with Crippen molar-refractivity contribution in [3.8, 4) is 11.8 Å². The van der Waals surface area contributed by atoms with Crippen LogP contribution in [0.5, 0.6) is 5.75 Å². The van der Waals surface area contributed by atoms with Gasteiger partial charge in [0.15, 0.2) is 0 Å². The molecule has 3 nitrogen and oxygen atoms in total. The Bertz CT molecular complexity index is 645. The summed E-state index contributed by atoms with van der Waals surface area (Å²) in [4.78, 5) is 2.25. The van der Waals surface area contributed by atoms with Crippen molar-refractivity contribution >= 4 is 10.8 Å². The van der Waals surface area contributed by atoms with Crippen molar-refractivity contribution in [3.63, 3.8) is 0 Å². The van der Waals surface area contributed by atoms with Gasteiger partial charge in [-0.15, -0.1) is 0 Å². The second kappa shape index (κ2) is 4.91. The molecule has 1 unspecified atom stereocenters. The lowest BCUT2D eigenvalue weighted by Crippen LogP contribution is -2.21. The van der Waals surface area contributed by atoms with Crippen LogP contribution in [-0.4, -0.2) is 31.1 Å². The summed E-state index contributed by atoms with van der Waals surface area (Å²) in [6, 6.07) is 14.1. The number of fused-ring (bicyclic) bond motifs is 1. The van der Waals surface area contributed by atoms with E-state index < -0.39 is 0 Å². The van der Waals surface area contributed by atoms with Crippen LogP contribution in [0.4, 0.5) is 0 Å². The number of likely N-dealkylation sites (N-methyl/N-ethyl adjacent to an activating group) is 1. The average Bonchev–Trinajstić information content (AvgIpc) is 2.85. The maximum absolute atomic E-state index is 9.26. The predicted octanol–water partition coefficient (Wildman–Crippen LogP) is 2.79. The fraction of sp³-hybridized carbons (Fsp3) is 0.312. The van der Waals surface area contributed by atoms with Crippen molar-refractivity contribution in [2.45, 2.75) is 12.5 Å². The summed E-state index contributed by atoms with van der Waals surface area (Å²) < 4.78 is 6.12. The summed E-state index contributed by atoms with van der Waals surface area (Å²) in [5.41, 5.74) is 0.619. The third kappa shape index (κ3) is 2.27. The molecule has 0 bridgehead atoms. The van der Waals surface area contributed by atoms with E-state index in [1.54, 1.807) is 0 Å². The first-order valence-corrected chi connectivity index (χ1v) is 6.55. The van der Waals surface area contributed by atoms with Crippen molar-refractivity contribution in [1.29, 1.82) is 5.26 Å². The van der Waals surface area contributed by atoms with Crippen LogP contribution in [0.15, 0.2) is 36.4 Å². The zero-order valence-corrected chi connectivity index (χ0v) is 11.0. The summed E-state index contributed by atoms with van der Waals surface area (Å²) in [7, 11) is 2.09. The van der Waals surface area contributed by atoms with Crippen LogP contribution in [0, 0.1) is 11.3 Å². The van der Waals surface area contributed by atoms with Gasteiger partial charge in [-0.3, -0.25) is 0 Å². The molecule has 1 aliphatic rings. The summed E-state index contributed by atoms with van der Waals surface area (Å²) >= 11 is 0. The Morgan fingerprint density at radius 2 is 2.11 bits per heavy atom. The normalized spacial score (nSPS) is 19.5. The van der Waals surface area contributed by atoms with Crippen LogP contribution in [0.2, 0.25) is 0 Å². The molecule has 1 saturated heterocycles. The van der Waals surface area contributed by atoms with E-state index in [1.165, 1.54) is 0 Å². The highest BCUT2D eigenvalue weighted by atomic mass is 16.5. The number of nitriles is 1. The number of likely N-dealkylation sites (tertiary alicyclic amines) is 1. The second-order valence-corrected chi connectivity index (χ2v) is 5.07. The highest BCUT2D eigenvalue weighted by Crippen LogP contribution is 2.31. The topological polar surface area (TPSA) is 36.3 Å². The monoisotopic (exact) mass is 252 g/mol. The van der Waals surface area contributed by atoms with E-state index >= 15 is 0 Å². The quantitative estimate of drug-likeness (QED) is 0.824. The molecular weight excluding hydrogens is 236 g/mol. The molecule has 0 aliphatic carbocycles. The van der Waals surface area contributed by atoms with Gasteiger partial charge in [0.2, 0.25) is 0 Å². The standard InChI is InChI=1S/C16H16N2O/c1-18-9-8-14(11-18)19-16-13(10-17)7-6-12-4-2-3-5-15(12)16/h2-7,14H,8-9,11H2,1H3.